The van der Waals surface area contributed by atoms with Crippen LogP contribution in [0.25, 0.3) is 55.7 Å². The molecule has 0 N–H and O–H groups in total. The van der Waals surface area contributed by atoms with Crippen LogP contribution in [0.3, 0.4) is 0 Å². The van der Waals surface area contributed by atoms with Crippen LogP contribution in [0.2, 0.25) is 19.6 Å². The summed E-state index contributed by atoms with van der Waals surface area (Å²) < 4.78 is 8.45. The molecule has 3 aromatic carbocycles. The van der Waals surface area contributed by atoms with Gasteiger partial charge < -0.3 is 14.0 Å². The Bertz CT molecular complexity index is 2100. The standard InChI is InChI=1S/C23H20N3O.C15H18NSi.Ir/c1-14-12-13-16-15-8-7-9-17(20(15)27-22(16)24-14)21-25-18-10-5-6-11-19(18)26(21)23(2,3)4;1-12-5-7-13(8-6-12)15-10-9-14(11-16-15)17(2,3)4;/h5-8,10-13H,1-4H3;5-7,9-11H,1-4H3;/q2*-1;. The maximum absolute atomic E-state index is 6.19. The molecule has 0 aliphatic rings. The van der Waals surface area contributed by atoms with E-state index in [1.54, 1.807) is 0 Å². The fraction of sp³-hybridized carbons (Fsp3) is 0.237. The summed E-state index contributed by atoms with van der Waals surface area (Å²) in [5.74, 6) is 0.866. The van der Waals surface area contributed by atoms with Crippen LogP contribution in [0.5, 0.6) is 0 Å². The number of fused-ring (bicyclic) bond motifs is 4. The van der Waals surface area contributed by atoms with E-state index in [-0.39, 0.29) is 25.6 Å². The van der Waals surface area contributed by atoms with Crippen molar-refractivity contribution in [2.24, 2.45) is 0 Å². The van der Waals surface area contributed by atoms with Crippen LogP contribution in [0.1, 0.15) is 32.0 Å². The molecule has 0 bridgehead atoms. The number of nitrogens with zero attached hydrogens (tertiary/aromatic N) is 4. The van der Waals surface area contributed by atoms with Crippen LogP contribution < -0.4 is 5.19 Å². The Morgan fingerprint density at radius 2 is 1.60 bits per heavy atom. The van der Waals surface area contributed by atoms with Crippen molar-refractivity contribution in [1.82, 2.24) is 19.5 Å². The van der Waals surface area contributed by atoms with Gasteiger partial charge in [-0.05, 0) is 62.8 Å². The molecule has 7 aromatic rings. The van der Waals surface area contributed by atoms with E-state index in [9.17, 15) is 0 Å². The zero-order chi connectivity index (χ0) is 31.2. The van der Waals surface area contributed by atoms with Crippen molar-refractivity contribution >= 4 is 46.4 Å². The second kappa shape index (κ2) is 12.5. The van der Waals surface area contributed by atoms with Crippen LogP contribution in [0, 0.1) is 26.0 Å². The second-order valence-corrected chi connectivity index (χ2v) is 18.5. The summed E-state index contributed by atoms with van der Waals surface area (Å²) >= 11 is 0. The van der Waals surface area contributed by atoms with Gasteiger partial charge in [-0.15, -0.1) is 53.6 Å². The minimum absolute atomic E-state index is 0. The van der Waals surface area contributed by atoms with E-state index in [4.69, 9.17) is 9.40 Å². The third kappa shape index (κ3) is 6.57. The largest absolute Gasteiger partial charge is 0.486 e. The Balaban J connectivity index is 0.000000193. The predicted molar refractivity (Wildman–Crippen MR) is 185 cm³/mol. The molecule has 7 heteroatoms. The van der Waals surface area contributed by atoms with Gasteiger partial charge in [0.1, 0.15) is 0 Å². The van der Waals surface area contributed by atoms with Gasteiger partial charge in [-0.3, -0.25) is 4.98 Å². The predicted octanol–water partition coefficient (Wildman–Crippen LogP) is 9.26. The van der Waals surface area contributed by atoms with Crippen molar-refractivity contribution in [3.8, 4) is 22.6 Å². The smallest absolute Gasteiger partial charge is 0.216 e. The molecule has 0 fully saturated rings. The molecule has 0 atom stereocenters. The average Bonchev–Trinajstić information content (AvgIpc) is 3.56. The molecule has 0 aliphatic heterocycles. The van der Waals surface area contributed by atoms with Crippen LogP contribution in [-0.4, -0.2) is 27.6 Å². The van der Waals surface area contributed by atoms with Gasteiger partial charge in [-0.2, -0.15) is 0 Å². The fourth-order valence-electron chi connectivity index (χ4n) is 5.41. The molecule has 0 amide bonds. The number of benzene rings is 3. The third-order valence-electron chi connectivity index (χ3n) is 7.77. The third-order valence-corrected chi connectivity index (χ3v) is 9.79. The average molecular weight is 787 g/mol. The summed E-state index contributed by atoms with van der Waals surface area (Å²) in [6, 6.07) is 33.4. The van der Waals surface area contributed by atoms with Crippen LogP contribution in [-0.2, 0) is 25.6 Å². The van der Waals surface area contributed by atoms with Crippen molar-refractivity contribution in [2.45, 2.75) is 59.8 Å². The van der Waals surface area contributed by atoms with E-state index < -0.39 is 8.07 Å². The molecule has 5 nitrogen and oxygen atoms in total. The Morgan fingerprint density at radius 1 is 0.822 bits per heavy atom. The first kappa shape index (κ1) is 32.5. The first-order valence-corrected chi connectivity index (χ1v) is 18.5. The number of rotatable bonds is 3. The van der Waals surface area contributed by atoms with Gasteiger partial charge in [0, 0.05) is 42.9 Å². The molecule has 0 saturated carbocycles. The molecule has 45 heavy (non-hydrogen) atoms. The van der Waals surface area contributed by atoms with Crippen LogP contribution in [0.4, 0.5) is 0 Å². The van der Waals surface area contributed by atoms with Crippen molar-refractivity contribution in [2.75, 3.05) is 0 Å². The molecule has 4 aromatic heterocycles. The fourth-order valence-corrected chi connectivity index (χ4v) is 6.45. The number of pyridine rings is 2. The van der Waals surface area contributed by atoms with E-state index >= 15 is 0 Å². The minimum atomic E-state index is -1.24. The zero-order valence-electron chi connectivity index (χ0n) is 27.1. The van der Waals surface area contributed by atoms with Crippen molar-refractivity contribution in [3.05, 3.63) is 108 Å². The molecule has 0 saturated heterocycles. The molecular weight excluding hydrogens is 749 g/mol. The molecule has 0 aliphatic carbocycles. The van der Waals surface area contributed by atoms with Gasteiger partial charge in [0.25, 0.3) is 0 Å². The maximum Gasteiger partial charge on any atom is 0.216 e. The molecule has 1 radical (unpaired) electrons. The van der Waals surface area contributed by atoms with Gasteiger partial charge >= 0.3 is 0 Å². The molecule has 7 rings (SSSR count). The van der Waals surface area contributed by atoms with Crippen molar-refractivity contribution in [3.63, 3.8) is 0 Å². The van der Waals surface area contributed by atoms with E-state index in [2.05, 4.69) is 110 Å². The van der Waals surface area contributed by atoms with Crippen molar-refractivity contribution in [1.29, 1.82) is 0 Å². The molecular formula is C38H38IrN4OSi-2. The van der Waals surface area contributed by atoms with E-state index in [0.29, 0.717) is 5.71 Å². The quantitative estimate of drug-likeness (QED) is 0.133. The van der Waals surface area contributed by atoms with Crippen molar-refractivity contribution < 1.29 is 24.5 Å². The normalized spacial score (nSPS) is 11.8. The molecule has 4 heterocycles. The summed E-state index contributed by atoms with van der Waals surface area (Å²) in [6.45, 7) is 17.6. The summed E-state index contributed by atoms with van der Waals surface area (Å²) in [5.41, 5.74) is 8.49. The first-order chi connectivity index (χ1) is 20.9. The SMILES string of the molecule is Cc1c[c-]c(-c2ccc([Si](C)(C)C)cn2)cc1.Cc1ccc2c(n1)oc1c(-c3nc4ccccc4n3C(C)(C)C)[c-]ccc12.[Ir]. The number of furan rings is 1. The number of aromatic nitrogens is 4. The number of hydrogen-bond acceptors (Lipinski definition) is 4. The summed E-state index contributed by atoms with van der Waals surface area (Å²) in [6.07, 6.45) is 2.02. The Hall–Kier alpha value is -3.90. The maximum atomic E-state index is 6.19. The van der Waals surface area contributed by atoms with Gasteiger partial charge in [0.2, 0.25) is 5.71 Å². The Morgan fingerprint density at radius 3 is 2.27 bits per heavy atom. The van der Waals surface area contributed by atoms with E-state index in [0.717, 1.165) is 55.7 Å². The topological polar surface area (TPSA) is 56.7 Å². The van der Waals surface area contributed by atoms with Gasteiger partial charge in [0.05, 0.1) is 30.5 Å². The summed E-state index contributed by atoms with van der Waals surface area (Å²) in [7, 11) is -1.24. The van der Waals surface area contributed by atoms with Crippen LogP contribution >= 0.6 is 0 Å². The number of para-hydroxylation sites is 2. The molecule has 231 valence electrons. The molecule has 0 unspecified atom stereocenters. The Labute approximate surface area is 280 Å². The Kier molecular flexibility index (Phi) is 9.01. The number of aryl methyl sites for hydroxylation is 2. The summed E-state index contributed by atoms with van der Waals surface area (Å²) in [4.78, 5) is 14.0. The first-order valence-electron chi connectivity index (χ1n) is 15.0. The minimum Gasteiger partial charge on any atom is -0.486 e. The second-order valence-electron chi connectivity index (χ2n) is 13.4. The van der Waals surface area contributed by atoms with E-state index in [1.165, 1.54) is 10.8 Å². The zero-order valence-corrected chi connectivity index (χ0v) is 30.5. The summed E-state index contributed by atoms with van der Waals surface area (Å²) in [5, 5.41) is 3.45. The monoisotopic (exact) mass is 787 g/mol. The number of hydrogen-bond donors (Lipinski definition) is 0. The van der Waals surface area contributed by atoms with Crippen LogP contribution in [0.15, 0.2) is 89.5 Å². The molecule has 0 spiro atoms. The van der Waals surface area contributed by atoms with E-state index in [1.807, 2.05) is 55.6 Å². The van der Waals surface area contributed by atoms with Gasteiger partial charge in [-0.25, -0.2) is 4.98 Å². The van der Waals surface area contributed by atoms with Gasteiger partial charge in [-0.1, -0.05) is 61.8 Å². The number of imidazole rings is 1. The van der Waals surface area contributed by atoms with Gasteiger partial charge in [0.15, 0.2) is 0 Å².